The van der Waals surface area contributed by atoms with E-state index in [0.29, 0.717) is 12.8 Å². The number of ether oxygens (including phenoxy) is 1. The van der Waals surface area contributed by atoms with Crippen LogP contribution in [0.5, 0.6) is 0 Å². The number of unbranched alkanes of at least 4 members (excludes halogenated alkanes) is 26. The number of carbonyl (C=O) groups excluding carboxylic acids is 2. The summed E-state index contributed by atoms with van der Waals surface area (Å²) in [7, 11) is -4.40. The molecule has 2 atom stereocenters. The van der Waals surface area contributed by atoms with Crippen molar-refractivity contribution in [2.45, 2.75) is 213 Å². The second-order valence-electron chi connectivity index (χ2n) is 14.0. The summed E-state index contributed by atoms with van der Waals surface area (Å²) in [6.07, 6.45) is 34.9. The lowest BCUT2D eigenvalue weighted by molar-refractivity contribution is -0.147. The number of aliphatic hydroxyl groups is 1. The number of phosphoric ester groups is 1. The molecule has 0 aliphatic heterocycles. The van der Waals surface area contributed by atoms with Gasteiger partial charge in [0.2, 0.25) is 5.91 Å². The van der Waals surface area contributed by atoms with Gasteiger partial charge in [0.15, 0.2) is 0 Å². The monoisotopic (exact) mass is 720 g/mol. The molecule has 0 fully saturated rings. The summed E-state index contributed by atoms with van der Waals surface area (Å²) in [5, 5.41) is 12.6. The average molecular weight is 720 g/mol. The highest BCUT2D eigenvalue weighted by atomic mass is 31.2. The second kappa shape index (κ2) is 36.8. The molecule has 2 unspecified atom stereocenters. The molecule has 0 spiro atoms. The van der Waals surface area contributed by atoms with E-state index in [9.17, 15) is 24.2 Å². The molecule has 0 aromatic rings. The van der Waals surface area contributed by atoms with Crippen molar-refractivity contribution in [2.75, 3.05) is 26.4 Å². The van der Waals surface area contributed by atoms with E-state index in [0.717, 1.165) is 38.5 Å². The number of hydrogen-bond donors (Lipinski definition) is 3. The quantitative estimate of drug-likeness (QED) is 0.0325. The zero-order valence-corrected chi connectivity index (χ0v) is 32.8. The highest BCUT2D eigenvalue weighted by molar-refractivity contribution is 7.47. The number of rotatable bonds is 39. The third-order valence-corrected chi connectivity index (χ3v) is 10.0. The van der Waals surface area contributed by atoms with Crippen LogP contribution in [0.2, 0.25) is 0 Å². The molecule has 0 aromatic carbocycles. The summed E-state index contributed by atoms with van der Waals surface area (Å²) >= 11 is 0. The number of amides is 1. The summed E-state index contributed by atoms with van der Waals surface area (Å²) in [4.78, 5) is 33.6. The molecule has 1 amide bonds. The predicted octanol–water partition coefficient (Wildman–Crippen LogP) is 10.9. The van der Waals surface area contributed by atoms with Crippen molar-refractivity contribution in [3.05, 3.63) is 0 Å². The average Bonchev–Trinajstić information content (AvgIpc) is 3.08. The van der Waals surface area contributed by atoms with E-state index in [2.05, 4.69) is 19.2 Å². The molecule has 49 heavy (non-hydrogen) atoms. The number of nitrogens with one attached hydrogen (secondary N) is 1. The van der Waals surface area contributed by atoms with Crippen LogP contribution < -0.4 is 5.32 Å². The van der Waals surface area contributed by atoms with Crippen LogP contribution in [-0.2, 0) is 27.9 Å². The lowest BCUT2D eigenvalue weighted by Gasteiger charge is -2.15. The fraction of sp³-hybridized carbons (Fsp3) is 0.949. The van der Waals surface area contributed by atoms with Gasteiger partial charge < -0.3 is 20.1 Å². The molecule has 0 aliphatic rings. The SMILES string of the molecule is CCCCCCCCCCCCCCCCCCCCCCCC(=O)OCC(O)COP(=O)(O)OCCNC(=O)CCCCCCCCC. The van der Waals surface area contributed by atoms with E-state index in [1.165, 1.54) is 141 Å². The molecule has 0 aromatic heterocycles. The molecule has 10 heteroatoms. The van der Waals surface area contributed by atoms with Gasteiger partial charge in [0.25, 0.3) is 0 Å². The summed E-state index contributed by atoms with van der Waals surface area (Å²) in [6, 6.07) is 0. The van der Waals surface area contributed by atoms with Gasteiger partial charge in [-0.15, -0.1) is 0 Å². The van der Waals surface area contributed by atoms with Crippen LogP contribution in [0.1, 0.15) is 206 Å². The standard InChI is InChI=1S/C39H78NO8P/c1-3-5-7-9-11-12-13-14-15-16-17-18-19-20-21-22-23-24-26-28-30-32-39(43)46-35-37(41)36-48-49(44,45)47-34-33-40-38(42)31-29-27-25-10-8-6-4-2/h37,41H,3-36H2,1-2H3,(H,40,42)(H,44,45). The van der Waals surface area contributed by atoms with Gasteiger partial charge in [-0.3, -0.25) is 18.6 Å². The van der Waals surface area contributed by atoms with Crippen molar-refractivity contribution >= 4 is 19.7 Å². The number of hydrogen-bond acceptors (Lipinski definition) is 7. The van der Waals surface area contributed by atoms with E-state index in [1.807, 2.05) is 0 Å². The lowest BCUT2D eigenvalue weighted by Crippen LogP contribution is -2.27. The lowest BCUT2D eigenvalue weighted by atomic mass is 10.0. The van der Waals surface area contributed by atoms with Crippen LogP contribution >= 0.6 is 7.82 Å². The van der Waals surface area contributed by atoms with Gasteiger partial charge in [-0.2, -0.15) is 0 Å². The van der Waals surface area contributed by atoms with Gasteiger partial charge in [-0.25, -0.2) is 4.57 Å². The van der Waals surface area contributed by atoms with Gasteiger partial charge >= 0.3 is 13.8 Å². The Kier molecular flexibility index (Phi) is 36.0. The van der Waals surface area contributed by atoms with E-state index >= 15 is 0 Å². The van der Waals surface area contributed by atoms with Crippen molar-refractivity contribution < 1.29 is 37.9 Å². The topological polar surface area (TPSA) is 131 Å². The summed E-state index contributed by atoms with van der Waals surface area (Å²) in [6.45, 7) is 3.53. The zero-order valence-electron chi connectivity index (χ0n) is 31.9. The molecule has 0 bridgehead atoms. The Morgan fingerprint density at radius 1 is 0.551 bits per heavy atom. The first kappa shape index (κ1) is 48.0. The molecule has 0 aliphatic carbocycles. The fourth-order valence-electron chi connectivity index (χ4n) is 5.91. The molecule has 3 N–H and O–H groups in total. The summed E-state index contributed by atoms with van der Waals surface area (Å²) in [5.41, 5.74) is 0. The summed E-state index contributed by atoms with van der Waals surface area (Å²) < 4.78 is 26.7. The number of carbonyl (C=O) groups is 2. The van der Waals surface area contributed by atoms with Gasteiger partial charge in [0.1, 0.15) is 12.7 Å². The molecular formula is C39H78NO8P. The van der Waals surface area contributed by atoms with Crippen molar-refractivity contribution in [1.82, 2.24) is 5.32 Å². The maximum atomic E-state index is 12.0. The Bertz CT molecular complexity index is 784. The molecule has 0 heterocycles. The fourth-order valence-corrected chi connectivity index (χ4v) is 6.67. The van der Waals surface area contributed by atoms with Gasteiger partial charge in [-0.1, -0.05) is 181 Å². The first-order valence-corrected chi connectivity index (χ1v) is 22.0. The van der Waals surface area contributed by atoms with Crippen LogP contribution in [0, 0.1) is 0 Å². The van der Waals surface area contributed by atoms with Gasteiger partial charge in [0.05, 0.1) is 13.2 Å². The number of phosphoric acid groups is 1. The smallest absolute Gasteiger partial charge is 0.463 e. The number of esters is 1. The first-order valence-electron chi connectivity index (χ1n) is 20.5. The van der Waals surface area contributed by atoms with Gasteiger partial charge in [-0.05, 0) is 12.8 Å². The largest absolute Gasteiger partial charge is 0.472 e. The van der Waals surface area contributed by atoms with Gasteiger partial charge in [0, 0.05) is 19.4 Å². The van der Waals surface area contributed by atoms with Crippen LogP contribution in [0.15, 0.2) is 0 Å². The predicted molar refractivity (Wildman–Crippen MR) is 202 cm³/mol. The minimum atomic E-state index is -4.40. The van der Waals surface area contributed by atoms with Crippen LogP contribution in [-0.4, -0.2) is 54.3 Å². The van der Waals surface area contributed by atoms with E-state index < -0.39 is 26.5 Å². The highest BCUT2D eigenvalue weighted by Gasteiger charge is 2.23. The molecule has 0 rings (SSSR count). The van der Waals surface area contributed by atoms with Crippen LogP contribution in [0.3, 0.4) is 0 Å². The normalized spacial score (nSPS) is 13.3. The Morgan fingerprint density at radius 2 is 0.918 bits per heavy atom. The van der Waals surface area contributed by atoms with E-state index in [4.69, 9.17) is 13.8 Å². The molecule has 9 nitrogen and oxygen atoms in total. The van der Waals surface area contributed by atoms with E-state index in [1.54, 1.807) is 0 Å². The van der Waals surface area contributed by atoms with Crippen molar-refractivity contribution in [2.24, 2.45) is 0 Å². The molecule has 292 valence electrons. The van der Waals surface area contributed by atoms with Crippen LogP contribution in [0.4, 0.5) is 0 Å². The third-order valence-electron chi connectivity index (χ3n) is 9.04. The molecular weight excluding hydrogens is 641 g/mol. The minimum Gasteiger partial charge on any atom is -0.463 e. The third kappa shape index (κ3) is 38.1. The van der Waals surface area contributed by atoms with Crippen molar-refractivity contribution in [1.29, 1.82) is 0 Å². The van der Waals surface area contributed by atoms with Crippen molar-refractivity contribution in [3.8, 4) is 0 Å². The van der Waals surface area contributed by atoms with Crippen LogP contribution in [0.25, 0.3) is 0 Å². The first-order chi connectivity index (χ1) is 23.8. The Balaban J connectivity index is 3.51. The number of aliphatic hydroxyl groups excluding tert-OH is 1. The Morgan fingerprint density at radius 3 is 1.33 bits per heavy atom. The van der Waals surface area contributed by atoms with Crippen molar-refractivity contribution in [3.63, 3.8) is 0 Å². The maximum absolute atomic E-state index is 12.0. The Labute approximate surface area is 301 Å². The maximum Gasteiger partial charge on any atom is 0.472 e. The van der Waals surface area contributed by atoms with E-state index in [-0.39, 0.29) is 25.7 Å². The highest BCUT2D eigenvalue weighted by Crippen LogP contribution is 2.42. The summed E-state index contributed by atoms with van der Waals surface area (Å²) in [5.74, 6) is -0.513. The Hall–Kier alpha value is -0.990. The molecule has 0 radical (unpaired) electrons. The molecule has 0 saturated heterocycles. The minimum absolute atomic E-state index is 0.0863. The second-order valence-corrected chi connectivity index (χ2v) is 15.4. The molecule has 0 saturated carbocycles. The zero-order chi connectivity index (χ0) is 36.1.